The highest BCUT2D eigenvalue weighted by Crippen LogP contribution is 2.37. The maximum absolute atomic E-state index is 4.83. The molecule has 0 aromatic carbocycles. The summed E-state index contributed by atoms with van der Waals surface area (Å²) < 4.78 is 1.08. The van der Waals surface area contributed by atoms with Crippen molar-refractivity contribution in [1.29, 1.82) is 0 Å². The molecule has 2 aromatic heterocycles. The molecule has 1 fully saturated rings. The number of aromatic nitrogens is 2. The molecular weight excluding hydrogens is 334 g/mol. The molecular formula is C15H18BrN3S. The fourth-order valence-corrected chi connectivity index (χ4v) is 4.21. The highest BCUT2D eigenvalue weighted by atomic mass is 79.9. The SMILES string of the molecule is CCNc1cc(C2CCCC2)nc(-c2sccc2Br)n1. The zero-order chi connectivity index (χ0) is 13.9. The third-order valence-electron chi connectivity index (χ3n) is 3.70. The van der Waals surface area contributed by atoms with E-state index in [9.17, 15) is 0 Å². The number of nitrogens with zero attached hydrogens (tertiary/aromatic N) is 2. The highest BCUT2D eigenvalue weighted by Gasteiger charge is 2.21. The maximum atomic E-state index is 4.83. The molecule has 2 aromatic rings. The van der Waals surface area contributed by atoms with Crippen LogP contribution in [0.3, 0.4) is 0 Å². The van der Waals surface area contributed by atoms with Gasteiger partial charge >= 0.3 is 0 Å². The van der Waals surface area contributed by atoms with Crippen molar-refractivity contribution < 1.29 is 0 Å². The molecule has 0 spiro atoms. The van der Waals surface area contributed by atoms with Crippen LogP contribution in [0, 0.1) is 0 Å². The van der Waals surface area contributed by atoms with E-state index >= 15 is 0 Å². The second kappa shape index (κ2) is 6.22. The molecule has 3 nitrogen and oxygen atoms in total. The molecule has 0 amide bonds. The molecule has 0 unspecified atom stereocenters. The number of hydrogen-bond donors (Lipinski definition) is 1. The summed E-state index contributed by atoms with van der Waals surface area (Å²) in [6.07, 6.45) is 5.16. The monoisotopic (exact) mass is 351 g/mol. The molecule has 0 radical (unpaired) electrons. The highest BCUT2D eigenvalue weighted by molar-refractivity contribution is 9.10. The normalized spacial score (nSPS) is 15.7. The Hall–Kier alpha value is -0.940. The van der Waals surface area contributed by atoms with Gasteiger partial charge in [-0.25, -0.2) is 9.97 Å². The summed E-state index contributed by atoms with van der Waals surface area (Å²) >= 11 is 5.27. The summed E-state index contributed by atoms with van der Waals surface area (Å²) in [7, 11) is 0. The summed E-state index contributed by atoms with van der Waals surface area (Å²) in [6.45, 7) is 2.98. The van der Waals surface area contributed by atoms with E-state index in [1.807, 2.05) is 0 Å². The minimum atomic E-state index is 0.605. The van der Waals surface area contributed by atoms with Crippen LogP contribution in [0.25, 0.3) is 10.7 Å². The van der Waals surface area contributed by atoms with Crippen molar-refractivity contribution in [2.45, 2.75) is 38.5 Å². The van der Waals surface area contributed by atoms with E-state index in [0.29, 0.717) is 5.92 Å². The van der Waals surface area contributed by atoms with E-state index in [1.54, 1.807) is 11.3 Å². The number of hydrogen-bond acceptors (Lipinski definition) is 4. The molecule has 20 heavy (non-hydrogen) atoms. The van der Waals surface area contributed by atoms with Crippen LogP contribution in [0.4, 0.5) is 5.82 Å². The lowest BCUT2D eigenvalue weighted by molar-refractivity contribution is 0.696. The first kappa shape index (κ1) is 14.0. The minimum absolute atomic E-state index is 0.605. The van der Waals surface area contributed by atoms with Crippen molar-refractivity contribution in [1.82, 2.24) is 9.97 Å². The quantitative estimate of drug-likeness (QED) is 0.836. The molecule has 2 heterocycles. The van der Waals surface area contributed by atoms with Gasteiger partial charge in [-0.05, 0) is 47.1 Å². The second-order valence-electron chi connectivity index (χ2n) is 5.11. The largest absolute Gasteiger partial charge is 0.370 e. The number of anilines is 1. The average molecular weight is 352 g/mol. The summed E-state index contributed by atoms with van der Waals surface area (Å²) in [5, 5.41) is 5.40. The van der Waals surface area contributed by atoms with Crippen molar-refractivity contribution in [3.05, 3.63) is 27.7 Å². The van der Waals surface area contributed by atoms with Gasteiger partial charge in [0.1, 0.15) is 5.82 Å². The van der Waals surface area contributed by atoms with Gasteiger partial charge in [-0.1, -0.05) is 12.8 Å². The predicted molar refractivity (Wildman–Crippen MR) is 88.4 cm³/mol. The van der Waals surface area contributed by atoms with Crippen LogP contribution in [-0.4, -0.2) is 16.5 Å². The van der Waals surface area contributed by atoms with Gasteiger partial charge in [-0.2, -0.15) is 0 Å². The van der Waals surface area contributed by atoms with E-state index in [2.05, 4.69) is 50.7 Å². The number of thiophene rings is 1. The Morgan fingerprint density at radius 1 is 1.35 bits per heavy atom. The minimum Gasteiger partial charge on any atom is -0.370 e. The van der Waals surface area contributed by atoms with Gasteiger partial charge in [0.05, 0.1) is 4.88 Å². The van der Waals surface area contributed by atoms with E-state index in [0.717, 1.165) is 27.5 Å². The van der Waals surface area contributed by atoms with Crippen LogP contribution in [0.5, 0.6) is 0 Å². The third kappa shape index (κ3) is 2.88. The van der Waals surface area contributed by atoms with Crippen molar-refractivity contribution in [3.63, 3.8) is 0 Å². The molecule has 0 bridgehead atoms. The van der Waals surface area contributed by atoms with Crippen LogP contribution >= 0.6 is 27.3 Å². The number of nitrogens with one attached hydrogen (secondary N) is 1. The van der Waals surface area contributed by atoms with Gasteiger partial charge in [-0.15, -0.1) is 11.3 Å². The van der Waals surface area contributed by atoms with Gasteiger partial charge in [0.2, 0.25) is 0 Å². The van der Waals surface area contributed by atoms with E-state index < -0.39 is 0 Å². The molecule has 5 heteroatoms. The molecule has 3 rings (SSSR count). The molecule has 0 aliphatic heterocycles. The Bertz CT molecular complexity index is 591. The zero-order valence-corrected chi connectivity index (χ0v) is 13.9. The van der Waals surface area contributed by atoms with Gasteiger partial charge in [0.15, 0.2) is 5.82 Å². The summed E-state index contributed by atoms with van der Waals surface area (Å²) in [5.41, 5.74) is 1.20. The first-order chi connectivity index (χ1) is 9.78. The Kier molecular flexibility index (Phi) is 4.36. The van der Waals surface area contributed by atoms with Crippen molar-refractivity contribution in [3.8, 4) is 10.7 Å². The van der Waals surface area contributed by atoms with Gasteiger partial charge < -0.3 is 5.32 Å². The van der Waals surface area contributed by atoms with Crippen LogP contribution in [0.1, 0.15) is 44.2 Å². The standard InChI is InChI=1S/C15H18BrN3S/c1-2-17-13-9-12(10-5-3-4-6-10)18-15(19-13)14-11(16)7-8-20-14/h7-10H,2-6H2,1H3,(H,17,18,19). The number of rotatable bonds is 4. The average Bonchev–Trinajstić information content (AvgIpc) is 3.09. The topological polar surface area (TPSA) is 37.8 Å². The molecule has 0 atom stereocenters. The van der Waals surface area contributed by atoms with Crippen molar-refractivity contribution in [2.75, 3.05) is 11.9 Å². The Morgan fingerprint density at radius 2 is 2.15 bits per heavy atom. The molecule has 106 valence electrons. The van der Waals surface area contributed by atoms with E-state index in [-0.39, 0.29) is 0 Å². The van der Waals surface area contributed by atoms with Crippen LogP contribution < -0.4 is 5.32 Å². The van der Waals surface area contributed by atoms with Gasteiger partial charge in [0, 0.05) is 28.7 Å². The predicted octanol–water partition coefficient (Wildman–Crippen LogP) is 5.06. The summed E-state index contributed by atoms with van der Waals surface area (Å²) in [5.74, 6) is 2.39. The van der Waals surface area contributed by atoms with Crippen LogP contribution in [0.2, 0.25) is 0 Å². The third-order valence-corrected chi connectivity index (χ3v) is 5.53. The summed E-state index contributed by atoms with van der Waals surface area (Å²) in [4.78, 5) is 10.6. The maximum Gasteiger partial charge on any atom is 0.173 e. The Labute approximate surface area is 132 Å². The van der Waals surface area contributed by atoms with Crippen molar-refractivity contribution >= 4 is 33.1 Å². The lowest BCUT2D eigenvalue weighted by atomic mass is 10.0. The first-order valence-electron chi connectivity index (χ1n) is 7.14. The lowest BCUT2D eigenvalue weighted by Gasteiger charge is -2.12. The fourth-order valence-electron chi connectivity index (χ4n) is 2.72. The second-order valence-corrected chi connectivity index (χ2v) is 6.88. The molecule has 1 N–H and O–H groups in total. The smallest absolute Gasteiger partial charge is 0.173 e. The fraction of sp³-hybridized carbons (Fsp3) is 0.467. The molecule has 0 saturated heterocycles. The van der Waals surface area contributed by atoms with Gasteiger partial charge in [-0.3, -0.25) is 0 Å². The number of halogens is 1. The van der Waals surface area contributed by atoms with E-state index in [4.69, 9.17) is 4.98 Å². The molecule has 1 aliphatic rings. The zero-order valence-electron chi connectivity index (χ0n) is 11.5. The van der Waals surface area contributed by atoms with Gasteiger partial charge in [0.25, 0.3) is 0 Å². The van der Waals surface area contributed by atoms with E-state index in [1.165, 1.54) is 31.4 Å². The summed E-state index contributed by atoms with van der Waals surface area (Å²) in [6, 6.07) is 4.18. The Morgan fingerprint density at radius 3 is 2.80 bits per heavy atom. The molecule has 1 aliphatic carbocycles. The van der Waals surface area contributed by atoms with Crippen LogP contribution in [-0.2, 0) is 0 Å². The lowest BCUT2D eigenvalue weighted by Crippen LogP contribution is -2.05. The van der Waals surface area contributed by atoms with Crippen molar-refractivity contribution in [2.24, 2.45) is 0 Å². The van der Waals surface area contributed by atoms with Crippen LogP contribution in [0.15, 0.2) is 22.0 Å². The Balaban J connectivity index is 2.02. The molecule has 1 saturated carbocycles. The first-order valence-corrected chi connectivity index (χ1v) is 8.81.